The van der Waals surface area contributed by atoms with Crippen molar-refractivity contribution in [3.05, 3.63) is 27.7 Å². The van der Waals surface area contributed by atoms with Gasteiger partial charge in [0.15, 0.2) is 0 Å². The zero-order chi connectivity index (χ0) is 13.2. The van der Waals surface area contributed by atoms with Crippen LogP contribution in [-0.2, 0) is 12.8 Å². The topological polar surface area (TPSA) is 9.23 Å². The number of hydrogen-bond donors (Lipinski definition) is 0. The van der Waals surface area contributed by atoms with Crippen LogP contribution in [-0.4, -0.2) is 11.4 Å². The van der Waals surface area contributed by atoms with Crippen LogP contribution >= 0.6 is 31.9 Å². The van der Waals surface area contributed by atoms with Crippen molar-refractivity contribution in [3.8, 4) is 5.75 Å². The van der Waals surface area contributed by atoms with Crippen molar-refractivity contribution in [3.63, 3.8) is 0 Å². The van der Waals surface area contributed by atoms with Gasteiger partial charge in [-0.3, -0.25) is 0 Å². The zero-order valence-electron chi connectivity index (χ0n) is 11.1. The second-order valence-electron chi connectivity index (χ2n) is 5.77. The molecule has 0 radical (unpaired) electrons. The van der Waals surface area contributed by atoms with Gasteiger partial charge in [-0.15, -0.1) is 0 Å². The Balaban J connectivity index is 1.82. The minimum atomic E-state index is 0.672. The van der Waals surface area contributed by atoms with E-state index in [9.17, 15) is 0 Å². The summed E-state index contributed by atoms with van der Waals surface area (Å²) in [5.41, 5.74) is 2.78. The molecule has 1 heterocycles. The number of rotatable bonds is 2. The molecule has 19 heavy (non-hydrogen) atoms. The van der Waals surface area contributed by atoms with Gasteiger partial charge in [-0.1, -0.05) is 51.1 Å². The Labute approximate surface area is 132 Å². The predicted octanol–water partition coefficient (Wildman–Crippen LogP) is 5.27. The van der Waals surface area contributed by atoms with Gasteiger partial charge < -0.3 is 4.74 Å². The molecule has 0 N–H and O–H groups in total. The molecular formula is C16H20Br2O. The van der Waals surface area contributed by atoms with Gasteiger partial charge in [-0.25, -0.2) is 0 Å². The number of hydrogen-bond acceptors (Lipinski definition) is 1. The fourth-order valence-electron chi connectivity index (χ4n) is 3.35. The van der Waals surface area contributed by atoms with E-state index in [4.69, 9.17) is 4.74 Å². The Hall–Kier alpha value is -0.0200. The van der Waals surface area contributed by atoms with Gasteiger partial charge in [0.2, 0.25) is 0 Å². The Morgan fingerprint density at radius 3 is 2.89 bits per heavy atom. The van der Waals surface area contributed by atoms with Crippen LogP contribution in [0.3, 0.4) is 0 Å². The molecule has 1 saturated carbocycles. The standard InChI is InChI=1S/C16H20Br2O/c17-14-9-12-6-7-19-16(12)13(10-14)8-11-4-2-1-3-5-15(11)18/h9-11,15H,1-8H2. The second-order valence-corrected chi connectivity index (χ2v) is 7.86. The van der Waals surface area contributed by atoms with Gasteiger partial charge in [-0.2, -0.15) is 0 Å². The SMILES string of the molecule is Brc1cc2c(c(CC3CCCCCC3Br)c1)OCC2. The highest BCUT2D eigenvalue weighted by atomic mass is 79.9. The smallest absolute Gasteiger partial charge is 0.125 e. The zero-order valence-corrected chi connectivity index (χ0v) is 14.3. The number of halogens is 2. The summed E-state index contributed by atoms with van der Waals surface area (Å²) >= 11 is 7.55. The average molecular weight is 388 g/mol. The van der Waals surface area contributed by atoms with Crippen molar-refractivity contribution in [1.29, 1.82) is 0 Å². The minimum absolute atomic E-state index is 0.672. The molecule has 3 rings (SSSR count). The van der Waals surface area contributed by atoms with Gasteiger partial charge in [-0.05, 0) is 48.4 Å². The van der Waals surface area contributed by atoms with Gasteiger partial charge in [0.1, 0.15) is 5.75 Å². The summed E-state index contributed by atoms with van der Waals surface area (Å²) in [6.07, 6.45) is 9.02. The summed E-state index contributed by atoms with van der Waals surface area (Å²) in [6, 6.07) is 4.47. The molecule has 1 aliphatic carbocycles. The first kappa shape index (κ1) is 13.9. The molecule has 1 nitrogen and oxygen atoms in total. The highest BCUT2D eigenvalue weighted by Crippen LogP contribution is 2.38. The van der Waals surface area contributed by atoms with Crippen LogP contribution in [0, 0.1) is 5.92 Å². The van der Waals surface area contributed by atoms with E-state index in [0.29, 0.717) is 4.83 Å². The quantitative estimate of drug-likeness (QED) is 0.496. The molecule has 2 aliphatic rings. The van der Waals surface area contributed by atoms with E-state index in [0.717, 1.165) is 25.4 Å². The lowest BCUT2D eigenvalue weighted by Crippen LogP contribution is -2.16. The van der Waals surface area contributed by atoms with Crippen LogP contribution in [0.25, 0.3) is 0 Å². The van der Waals surface area contributed by atoms with Crippen molar-refractivity contribution in [2.45, 2.75) is 49.8 Å². The Bertz CT molecular complexity index is 458. The number of ether oxygens (including phenoxy) is 1. The van der Waals surface area contributed by atoms with E-state index in [-0.39, 0.29) is 0 Å². The molecule has 1 fully saturated rings. The normalized spacial score (nSPS) is 26.6. The Morgan fingerprint density at radius 1 is 1.16 bits per heavy atom. The monoisotopic (exact) mass is 386 g/mol. The average Bonchev–Trinajstić information content (AvgIpc) is 2.75. The number of benzene rings is 1. The second kappa shape index (κ2) is 6.17. The van der Waals surface area contributed by atoms with Crippen LogP contribution in [0.1, 0.15) is 43.2 Å². The molecule has 0 spiro atoms. The number of alkyl halides is 1. The Kier molecular flexibility index (Phi) is 4.53. The molecule has 0 saturated heterocycles. The highest BCUT2D eigenvalue weighted by Gasteiger charge is 2.25. The number of fused-ring (bicyclic) bond motifs is 1. The first-order valence-electron chi connectivity index (χ1n) is 7.32. The van der Waals surface area contributed by atoms with Gasteiger partial charge in [0.05, 0.1) is 6.61 Å². The summed E-state index contributed by atoms with van der Waals surface area (Å²) < 4.78 is 7.06. The molecular weight excluding hydrogens is 368 g/mol. The van der Waals surface area contributed by atoms with Crippen molar-refractivity contribution in [1.82, 2.24) is 0 Å². The van der Waals surface area contributed by atoms with Crippen molar-refractivity contribution in [2.24, 2.45) is 5.92 Å². The molecule has 2 atom stereocenters. The maximum atomic E-state index is 5.86. The fourth-order valence-corrected chi connectivity index (χ4v) is 4.68. The van der Waals surface area contributed by atoms with Crippen LogP contribution < -0.4 is 4.74 Å². The fraction of sp³-hybridized carbons (Fsp3) is 0.625. The van der Waals surface area contributed by atoms with Crippen molar-refractivity contribution >= 4 is 31.9 Å². The third-order valence-electron chi connectivity index (χ3n) is 4.37. The first-order valence-corrected chi connectivity index (χ1v) is 9.03. The van der Waals surface area contributed by atoms with Crippen LogP contribution in [0.4, 0.5) is 0 Å². The molecule has 0 amide bonds. The van der Waals surface area contributed by atoms with E-state index >= 15 is 0 Å². The molecule has 0 aromatic heterocycles. The van der Waals surface area contributed by atoms with Gasteiger partial charge in [0.25, 0.3) is 0 Å². The van der Waals surface area contributed by atoms with E-state index in [1.807, 2.05) is 0 Å². The van der Waals surface area contributed by atoms with Crippen molar-refractivity contribution in [2.75, 3.05) is 6.61 Å². The molecule has 1 aromatic carbocycles. The lowest BCUT2D eigenvalue weighted by molar-refractivity contribution is 0.349. The lowest BCUT2D eigenvalue weighted by Gasteiger charge is -2.21. The van der Waals surface area contributed by atoms with E-state index in [1.54, 1.807) is 0 Å². The maximum Gasteiger partial charge on any atom is 0.125 e. The third-order valence-corrected chi connectivity index (χ3v) is 6.04. The predicted molar refractivity (Wildman–Crippen MR) is 86.3 cm³/mol. The highest BCUT2D eigenvalue weighted by molar-refractivity contribution is 9.10. The molecule has 1 aliphatic heterocycles. The molecule has 0 bridgehead atoms. The van der Waals surface area contributed by atoms with Crippen LogP contribution in [0.2, 0.25) is 0 Å². The van der Waals surface area contributed by atoms with E-state index in [2.05, 4.69) is 44.0 Å². The molecule has 104 valence electrons. The lowest BCUT2D eigenvalue weighted by atomic mass is 9.91. The van der Waals surface area contributed by atoms with Gasteiger partial charge >= 0.3 is 0 Å². The molecule has 1 aromatic rings. The molecule has 3 heteroatoms. The Morgan fingerprint density at radius 2 is 2.00 bits per heavy atom. The largest absolute Gasteiger partial charge is 0.493 e. The summed E-state index contributed by atoms with van der Waals surface area (Å²) in [5.74, 6) is 1.93. The molecule has 2 unspecified atom stereocenters. The maximum absolute atomic E-state index is 5.86. The van der Waals surface area contributed by atoms with Crippen LogP contribution in [0.5, 0.6) is 5.75 Å². The summed E-state index contributed by atoms with van der Waals surface area (Å²) in [4.78, 5) is 0.672. The summed E-state index contributed by atoms with van der Waals surface area (Å²) in [6.45, 7) is 0.848. The van der Waals surface area contributed by atoms with E-state index in [1.165, 1.54) is 53.5 Å². The minimum Gasteiger partial charge on any atom is -0.493 e. The first-order chi connectivity index (χ1) is 9.24. The van der Waals surface area contributed by atoms with Crippen molar-refractivity contribution < 1.29 is 4.74 Å². The van der Waals surface area contributed by atoms with Crippen LogP contribution in [0.15, 0.2) is 16.6 Å². The third kappa shape index (κ3) is 3.18. The van der Waals surface area contributed by atoms with Gasteiger partial charge in [0, 0.05) is 15.7 Å². The summed E-state index contributed by atoms with van der Waals surface area (Å²) in [5, 5.41) is 0. The van der Waals surface area contributed by atoms with E-state index < -0.39 is 0 Å². The summed E-state index contributed by atoms with van der Waals surface area (Å²) in [7, 11) is 0.